The number of nitrogens with one attached hydrogen (secondary N) is 4. The first-order valence-electron chi connectivity index (χ1n) is 19.8. The first kappa shape index (κ1) is 40.0. The summed E-state index contributed by atoms with van der Waals surface area (Å²) >= 11 is 6.10. The molecule has 0 radical (unpaired) electrons. The number of amides is 1. The number of rotatable bonds is 17. The molecule has 0 fully saturated rings. The summed E-state index contributed by atoms with van der Waals surface area (Å²) in [5.74, 6) is -0.338. The molecule has 12 heteroatoms. The number of fused-ring (bicyclic) bond motifs is 1. The molecule has 0 aliphatic carbocycles. The Kier molecular flexibility index (Phi) is 12.4. The van der Waals surface area contributed by atoms with Crippen LogP contribution in [0.4, 0.5) is 8.78 Å². The van der Waals surface area contributed by atoms with Gasteiger partial charge < -0.3 is 29.8 Å². The van der Waals surface area contributed by atoms with Crippen LogP contribution in [0.5, 0.6) is 5.75 Å². The van der Waals surface area contributed by atoms with Crippen LogP contribution in [0.15, 0.2) is 103 Å². The van der Waals surface area contributed by atoms with Gasteiger partial charge in [-0.2, -0.15) is 5.10 Å². The van der Waals surface area contributed by atoms with Gasteiger partial charge in [0.1, 0.15) is 24.0 Å². The van der Waals surface area contributed by atoms with Crippen LogP contribution in [0.1, 0.15) is 51.5 Å². The van der Waals surface area contributed by atoms with Crippen LogP contribution in [0.25, 0.3) is 44.2 Å². The van der Waals surface area contributed by atoms with Crippen LogP contribution in [-0.2, 0) is 22.4 Å². The summed E-state index contributed by atoms with van der Waals surface area (Å²) in [5.41, 5.74) is 10.2. The van der Waals surface area contributed by atoms with Crippen molar-refractivity contribution in [3.8, 4) is 17.0 Å². The zero-order chi connectivity index (χ0) is 40.7. The largest absolute Gasteiger partial charge is 0.491 e. The molecule has 0 unspecified atom stereocenters. The van der Waals surface area contributed by atoms with Crippen molar-refractivity contribution in [2.24, 2.45) is 0 Å². The second-order valence-corrected chi connectivity index (χ2v) is 14.8. The smallest absolute Gasteiger partial charge is 0.252 e. The highest BCUT2D eigenvalue weighted by atomic mass is 35.5. The number of halogens is 3. The molecule has 3 heterocycles. The van der Waals surface area contributed by atoms with E-state index < -0.39 is 5.82 Å². The van der Waals surface area contributed by atoms with Crippen LogP contribution in [0, 0.1) is 11.6 Å². The lowest BCUT2D eigenvalue weighted by molar-refractivity contribution is 0.0372. The van der Waals surface area contributed by atoms with Crippen molar-refractivity contribution in [2.75, 3.05) is 46.1 Å². The number of nitrogens with zero attached hydrogens (tertiary/aromatic N) is 1. The summed E-state index contributed by atoms with van der Waals surface area (Å²) in [6, 6.07) is 29.7. The molecular formula is C47H44ClF2N5O4. The first-order chi connectivity index (χ1) is 28.9. The van der Waals surface area contributed by atoms with Crippen molar-refractivity contribution in [2.45, 2.75) is 26.3 Å². The SMILES string of the molecule is CC/C(=C(/c1ccc(OCCOCCOCCNCc2ccc(-c3[nH]c4cc(F)cc5c4c3CCNC5=O)cc2)cc1)c1ccc2[nH]ncc2c1)c1ccc(Cl)cc1F. The van der Waals surface area contributed by atoms with Crippen molar-refractivity contribution in [3.05, 3.63) is 153 Å². The zero-order valence-corrected chi connectivity index (χ0v) is 33.4. The summed E-state index contributed by atoms with van der Waals surface area (Å²) in [4.78, 5) is 15.9. The van der Waals surface area contributed by atoms with Crippen LogP contribution in [0.2, 0.25) is 5.02 Å². The first-order valence-corrected chi connectivity index (χ1v) is 20.2. The van der Waals surface area contributed by atoms with E-state index in [9.17, 15) is 9.18 Å². The number of H-pyrrole nitrogens is 2. The lowest BCUT2D eigenvalue weighted by Gasteiger charge is -2.17. The van der Waals surface area contributed by atoms with Crippen molar-refractivity contribution >= 4 is 50.5 Å². The van der Waals surface area contributed by atoms with E-state index in [-0.39, 0.29) is 11.7 Å². The molecule has 7 aromatic rings. The summed E-state index contributed by atoms with van der Waals surface area (Å²) in [6.45, 7) is 6.16. The van der Waals surface area contributed by atoms with Gasteiger partial charge in [0, 0.05) is 52.2 Å². The molecule has 2 aromatic heterocycles. The van der Waals surface area contributed by atoms with Crippen LogP contribution in [-0.4, -0.2) is 67.2 Å². The molecule has 0 saturated carbocycles. The molecule has 302 valence electrons. The predicted molar refractivity (Wildman–Crippen MR) is 229 cm³/mol. The molecule has 1 aliphatic rings. The van der Waals surface area contributed by atoms with Gasteiger partial charge in [0.15, 0.2) is 0 Å². The average molecular weight is 816 g/mol. The Morgan fingerprint density at radius 2 is 1.63 bits per heavy atom. The molecule has 59 heavy (non-hydrogen) atoms. The third-order valence-electron chi connectivity index (χ3n) is 10.5. The lowest BCUT2D eigenvalue weighted by Crippen LogP contribution is -2.23. The van der Waals surface area contributed by atoms with Gasteiger partial charge in [-0.25, -0.2) is 8.78 Å². The second-order valence-electron chi connectivity index (χ2n) is 14.3. The Balaban J connectivity index is 0.769. The fourth-order valence-electron chi connectivity index (χ4n) is 7.71. The summed E-state index contributed by atoms with van der Waals surface area (Å²) in [5, 5.41) is 15.6. The van der Waals surface area contributed by atoms with Gasteiger partial charge in [0.2, 0.25) is 0 Å². The molecule has 4 N–H and O–H groups in total. The summed E-state index contributed by atoms with van der Waals surface area (Å²) in [7, 11) is 0. The molecule has 0 bridgehead atoms. The molecule has 8 rings (SSSR count). The van der Waals surface area contributed by atoms with Gasteiger partial charge in [0.05, 0.1) is 43.7 Å². The Labute approximate surface area is 345 Å². The normalized spacial score (nSPS) is 13.1. The van der Waals surface area contributed by atoms with Gasteiger partial charge in [-0.15, -0.1) is 0 Å². The Morgan fingerprint density at radius 1 is 0.847 bits per heavy atom. The topological polar surface area (TPSA) is 113 Å². The molecule has 5 aromatic carbocycles. The number of aromatic nitrogens is 3. The van der Waals surface area contributed by atoms with E-state index in [1.807, 2.05) is 43.3 Å². The third-order valence-corrected chi connectivity index (χ3v) is 10.8. The lowest BCUT2D eigenvalue weighted by atomic mass is 9.87. The fraction of sp³-hybridized carbons (Fsp3) is 0.234. The highest BCUT2D eigenvalue weighted by molar-refractivity contribution is 6.30. The number of ether oxygens (including phenoxy) is 3. The number of benzene rings is 5. The number of allylic oxidation sites excluding steroid dienone is 1. The molecule has 0 saturated heterocycles. The minimum Gasteiger partial charge on any atom is -0.491 e. The monoisotopic (exact) mass is 815 g/mol. The van der Waals surface area contributed by atoms with E-state index in [0.717, 1.165) is 60.9 Å². The van der Waals surface area contributed by atoms with Gasteiger partial charge in [0.25, 0.3) is 5.91 Å². The molecule has 9 nitrogen and oxygen atoms in total. The maximum atomic E-state index is 15.3. The van der Waals surface area contributed by atoms with E-state index in [1.165, 1.54) is 18.2 Å². The van der Waals surface area contributed by atoms with Gasteiger partial charge in [-0.05, 0) is 100 Å². The van der Waals surface area contributed by atoms with Crippen LogP contribution < -0.4 is 15.4 Å². The van der Waals surface area contributed by atoms with Gasteiger partial charge in [-0.1, -0.05) is 67.1 Å². The quantitative estimate of drug-likeness (QED) is 0.0539. The van der Waals surface area contributed by atoms with Crippen molar-refractivity contribution < 1.29 is 27.8 Å². The molecule has 1 aliphatic heterocycles. The van der Waals surface area contributed by atoms with E-state index in [1.54, 1.807) is 18.3 Å². The van der Waals surface area contributed by atoms with E-state index >= 15 is 4.39 Å². The van der Waals surface area contributed by atoms with Crippen LogP contribution >= 0.6 is 11.6 Å². The van der Waals surface area contributed by atoms with Crippen molar-refractivity contribution in [3.63, 3.8) is 0 Å². The van der Waals surface area contributed by atoms with E-state index in [2.05, 4.69) is 56.1 Å². The number of aromatic amines is 2. The Hall–Kier alpha value is -5.85. The number of carbonyl (C=O) groups is 1. The highest BCUT2D eigenvalue weighted by Gasteiger charge is 2.23. The van der Waals surface area contributed by atoms with Crippen LogP contribution in [0.3, 0.4) is 0 Å². The van der Waals surface area contributed by atoms with Crippen molar-refractivity contribution in [1.29, 1.82) is 0 Å². The minimum absolute atomic E-state index is 0.246. The molecule has 1 amide bonds. The number of carbonyl (C=O) groups excluding carboxylic acids is 1. The molecular weight excluding hydrogens is 772 g/mol. The van der Waals surface area contributed by atoms with Gasteiger partial charge in [-0.3, -0.25) is 9.89 Å². The van der Waals surface area contributed by atoms with E-state index in [0.29, 0.717) is 92.9 Å². The number of hydrogen-bond donors (Lipinski definition) is 4. The van der Waals surface area contributed by atoms with Gasteiger partial charge >= 0.3 is 0 Å². The minimum atomic E-state index is -0.436. The summed E-state index contributed by atoms with van der Waals surface area (Å²) < 4.78 is 47.0. The predicted octanol–water partition coefficient (Wildman–Crippen LogP) is 9.50. The highest BCUT2D eigenvalue weighted by Crippen LogP contribution is 2.38. The zero-order valence-electron chi connectivity index (χ0n) is 32.6. The third kappa shape index (κ3) is 9.09. The Bertz CT molecular complexity index is 2620. The summed E-state index contributed by atoms with van der Waals surface area (Å²) in [6.07, 6.45) is 3.06. The maximum Gasteiger partial charge on any atom is 0.252 e. The number of hydrogen-bond acceptors (Lipinski definition) is 6. The fourth-order valence-corrected chi connectivity index (χ4v) is 7.87. The average Bonchev–Trinajstić information content (AvgIpc) is 3.82. The van der Waals surface area contributed by atoms with Crippen molar-refractivity contribution in [1.82, 2.24) is 25.8 Å². The van der Waals surface area contributed by atoms with E-state index in [4.69, 9.17) is 25.8 Å². The molecule has 0 spiro atoms. The second kappa shape index (κ2) is 18.4. The standard InChI is InChI=1S/C47H44ClF2N5O4/c1-2-37(38-13-10-34(48)24-41(38)50)44(32-9-14-42-33(23-32)28-53-55-42)30-7-11-36(12-8-30)59-22-21-58-20-19-57-18-17-51-27-29-3-5-31(6-4-29)46-39-15-16-52-47(56)40-25-35(49)26-43(54-46)45(39)40/h3-14,23-26,28,51,54H,2,15-22,27H2,1H3,(H,52,56)(H,53,55)/b44-37+. The molecule has 0 atom stereocenters. The Morgan fingerprint density at radius 3 is 2.42 bits per heavy atom. The maximum absolute atomic E-state index is 15.3.